The van der Waals surface area contributed by atoms with Crippen LogP contribution in [0, 0.1) is 32.4 Å². The van der Waals surface area contributed by atoms with Crippen molar-refractivity contribution in [3.8, 4) is 5.75 Å². The Balaban J connectivity index is 1.82. The lowest BCUT2D eigenvalue weighted by Crippen LogP contribution is -2.26. The number of imidazole rings is 1. The number of amides is 2. The van der Waals surface area contributed by atoms with Gasteiger partial charge in [0.1, 0.15) is 23.2 Å². The number of hydrogen-bond acceptors (Lipinski definition) is 5. The van der Waals surface area contributed by atoms with E-state index in [9.17, 15) is 18.4 Å². The summed E-state index contributed by atoms with van der Waals surface area (Å²) < 4.78 is 35.6. The predicted octanol–water partition coefficient (Wildman–Crippen LogP) is 3.21. The van der Waals surface area contributed by atoms with Crippen LogP contribution in [0.3, 0.4) is 0 Å². The fourth-order valence-electron chi connectivity index (χ4n) is 3.09. The van der Waals surface area contributed by atoms with Gasteiger partial charge in [-0.3, -0.25) is 14.6 Å². The summed E-state index contributed by atoms with van der Waals surface area (Å²) in [5.41, 5.74) is 1.67. The van der Waals surface area contributed by atoms with E-state index in [1.54, 1.807) is 14.0 Å². The number of halogens is 2. The molecule has 32 heavy (non-hydrogen) atoms. The molecule has 1 aromatic carbocycles. The Bertz CT molecular complexity index is 1210. The van der Waals surface area contributed by atoms with Crippen LogP contribution in [-0.4, -0.2) is 33.5 Å². The maximum absolute atomic E-state index is 14.3. The molecule has 0 saturated heterocycles. The van der Waals surface area contributed by atoms with Crippen LogP contribution in [0.4, 0.5) is 14.5 Å². The Morgan fingerprint density at radius 2 is 1.78 bits per heavy atom. The SMILES string of the molecule is COc1cnc(C)cc1C(=O)Nc1cc(C(=O)NCc2nc(C)c(C)n2C)c(F)cc1F. The van der Waals surface area contributed by atoms with E-state index in [4.69, 9.17) is 4.74 Å². The van der Waals surface area contributed by atoms with Gasteiger partial charge in [-0.25, -0.2) is 13.8 Å². The van der Waals surface area contributed by atoms with Gasteiger partial charge < -0.3 is 19.9 Å². The Morgan fingerprint density at radius 3 is 2.41 bits per heavy atom. The van der Waals surface area contributed by atoms with Crippen LogP contribution < -0.4 is 15.4 Å². The molecule has 0 bridgehead atoms. The monoisotopic (exact) mass is 443 g/mol. The van der Waals surface area contributed by atoms with Crippen LogP contribution in [0.5, 0.6) is 5.75 Å². The van der Waals surface area contributed by atoms with E-state index >= 15 is 0 Å². The molecule has 0 aliphatic heterocycles. The van der Waals surface area contributed by atoms with E-state index in [0.29, 0.717) is 17.6 Å². The van der Waals surface area contributed by atoms with Gasteiger partial charge in [-0.2, -0.15) is 0 Å². The van der Waals surface area contributed by atoms with Crippen molar-refractivity contribution in [2.45, 2.75) is 27.3 Å². The van der Waals surface area contributed by atoms with E-state index in [-0.39, 0.29) is 23.5 Å². The van der Waals surface area contributed by atoms with E-state index < -0.39 is 29.0 Å². The first-order valence-corrected chi connectivity index (χ1v) is 9.70. The second kappa shape index (κ2) is 9.13. The lowest BCUT2D eigenvalue weighted by Gasteiger charge is -2.12. The molecule has 0 fully saturated rings. The largest absolute Gasteiger partial charge is 0.494 e. The number of aryl methyl sites for hydroxylation is 2. The highest BCUT2D eigenvalue weighted by atomic mass is 19.1. The number of rotatable bonds is 6. The van der Waals surface area contributed by atoms with Crippen molar-refractivity contribution in [3.63, 3.8) is 0 Å². The number of nitrogens with one attached hydrogen (secondary N) is 2. The highest BCUT2D eigenvalue weighted by molar-refractivity contribution is 6.07. The summed E-state index contributed by atoms with van der Waals surface area (Å²) in [6.45, 7) is 5.47. The minimum atomic E-state index is -1.05. The highest BCUT2D eigenvalue weighted by Crippen LogP contribution is 2.23. The van der Waals surface area contributed by atoms with Crippen molar-refractivity contribution in [1.29, 1.82) is 0 Å². The van der Waals surface area contributed by atoms with E-state index in [0.717, 1.165) is 17.5 Å². The number of hydrogen-bond donors (Lipinski definition) is 2. The third-order valence-electron chi connectivity index (χ3n) is 5.14. The van der Waals surface area contributed by atoms with Crippen LogP contribution in [0.15, 0.2) is 24.4 Å². The molecular weight excluding hydrogens is 420 g/mol. The lowest BCUT2D eigenvalue weighted by atomic mass is 10.1. The molecule has 10 heteroatoms. The van der Waals surface area contributed by atoms with Crippen molar-refractivity contribution in [2.24, 2.45) is 7.05 Å². The Kier molecular flexibility index (Phi) is 6.52. The zero-order chi connectivity index (χ0) is 23.6. The summed E-state index contributed by atoms with van der Waals surface area (Å²) in [5, 5.41) is 4.93. The van der Waals surface area contributed by atoms with Gasteiger partial charge in [0.15, 0.2) is 0 Å². The standard InChI is InChI=1S/C22H23F2N5O3/c1-11-6-15(19(32-5)9-25-11)22(31)28-18-7-14(16(23)8-17(18)24)21(30)26-10-20-27-12(2)13(3)29(20)4/h6-9H,10H2,1-5H3,(H,26,30)(H,28,31). The van der Waals surface area contributed by atoms with Gasteiger partial charge in [0.25, 0.3) is 11.8 Å². The molecule has 0 saturated carbocycles. The molecule has 0 radical (unpaired) electrons. The molecule has 8 nitrogen and oxygen atoms in total. The number of methoxy groups -OCH3 is 1. The van der Waals surface area contributed by atoms with Crippen LogP contribution >= 0.6 is 0 Å². The smallest absolute Gasteiger partial charge is 0.259 e. The number of carbonyl (C=O) groups is 2. The second-order valence-corrected chi connectivity index (χ2v) is 7.23. The third-order valence-corrected chi connectivity index (χ3v) is 5.14. The molecule has 0 unspecified atom stereocenters. The molecule has 0 aliphatic carbocycles. The molecule has 2 amide bonds. The molecule has 168 valence electrons. The molecular formula is C22H23F2N5O3. The van der Waals surface area contributed by atoms with Crippen LogP contribution in [0.2, 0.25) is 0 Å². The first-order chi connectivity index (χ1) is 15.1. The first kappa shape index (κ1) is 22.9. The van der Waals surface area contributed by atoms with Gasteiger partial charge in [-0.15, -0.1) is 0 Å². The van der Waals surface area contributed by atoms with Crippen molar-refractivity contribution >= 4 is 17.5 Å². The number of pyridine rings is 1. The minimum Gasteiger partial charge on any atom is -0.494 e. The number of anilines is 1. The average molecular weight is 443 g/mol. The predicted molar refractivity (Wildman–Crippen MR) is 114 cm³/mol. The molecule has 0 atom stereocenters. The average Bonchev–Trinajstić information content (AvgIpc) is 3.00. The quantitative estimate of drug-likeness (QED) is 0.610. The van der Waals surface area contributed by atoms with E-state index in [2.05, 4.69) is 20.6 Å². The topological polar surface area (TPSA) is 98.1 Å². The number of carbonyl (C=O) groups excluding carboxylic acids is 2. The minimum absolute atomic E-state index is 0.0516. The van der Waals surface area contributed by atoms with Gasteiger partial charge in [0.2, 0.25) is 0 Å². The summed E-state index contributed by atoms with van der Waals surface area (Å²) in [5.74, 6) is -2.76. The highest BCUT2D eigenvalue weighted by Gasteiger charge is 2.20. The summed E-state index contributed by atoms with van der Waals surface area (Å²) in [7, 11) is 3.17. The van der Waals surface area contributed by atoms with Gasteiger partial charge >= 0.3 is 0 Å². The van der Waals surface area contributed by atoms with E-state index in [1.807, 2.05) is 18.4 Å². The maximum atomic E-state index is 14.3. The third kappa shape index (κ3) is 4.58. The van der Waals surface area contributed by atoms with Gasteiger partial charge in [-0.05, 0) is 32.9 Å². The van der Waals surface area contributed by atoms with Crippen molar-refractivity contribution < 1.29 is 23.1 Å². The van der Waals surface area contributed by atoms with Gasteiger partial charge in [0.05, 0.1) is 42.4 Å². The van der Waals surface area contributed by atoms with Crippen LogP contribution in [-0.2, 0) is 13.6 Å². The molecule has 0 spiro atoms. The molecule has 2 N–H and O–H groups in total. The second-order valence-electron chi connectivity index (χ2n) is 7.23. The zero-order valence-electron chi connectivity index (χ0n) is 18.3. The molecule has 3 aromatic rings. The molecule has 2 aromatic heterocycles. The van der Waals surface area contributed by atoms with E-state index in [1.165, 1.54) is 19.4 Å². The lowest BCUT2D eigenvalue weighted by molar-refractivity contribution is 0.0944. The Labute approximate surface area is 183 Å². The molecule has 0 aliphatic rings. The van der Waals surface area contributed by atoms with Crippen molar-refractivity contribution in [2.75, 3.05) is 12.4 Å². The van der Waals surface area contributed by atoms with Crippen LogP contribution in [0.25, 0.3) is 0 Å². The number of ether oxygens (including phenoxy) is 1. The summed E-state index contributed by atoms with van der Waals surface area (Å²) >= 11 is 0. The Hall–Kier alpha value is -3.82. The normalized spacial score (nSPS) is 10.7. The van der Waals surface area contributed by atoms with Gasteiger partial charge in [0, 0.05) is 24.5 Å². The fraction of sp³-hybridized carbons (Fsp3) is 0.273. The molecule has 3 rings (SSSR count). The summed E-state index contributed by atoms with van der Waals surface area (Å²) in [6, 6.07) is 2.97. The number of nitrogens with zero attached hydrogens (tertiary/aromatic N) is 3. The maximum Gasteiger partial charge on any atom is 0.259 e. The number of aromatic nitrogens is 3. The van der Waals surface area contributed by atoms with Gasteiger partial charge in [-0.1, -0.05) is 0 Å². The molecule has 2 heterocycles. The Morgan fingerprint density at radius 1 is 1.06 bits per heavy atom. The first-order valence-electron chi connectivity index (χ1n) is 9.70. The summed E-state index contributed by atoms with van der Waals surface area (Å²) in [6.07, 6.45) is 1.37. The summed E-state index contributed by atoms with van der Waals surface area (Å²) in [4.78, 5) is 33.6. The van der Waals surface area contributed by atoms with Crippen molar-refractivity contribution in [1.82, 2.24) is 19.9 Å². The van der Waals surface area contributed by atoms with Crippen molar-refractivity contribution in [3.05, 3.63) is 70.1 Å². The van der Waals surface area contributed by atoms with Crippen LogP contribution in [0.1, 0.15) is 43.6 Å². The number of benzene rings is 1. The zero-order valence-corrected chi connectivity index (χ0v) is 18.3. The fourth-order valence-corrected chi connectivity index (χ4v) is 3.09.